The molecule has 0 aliphatic heterocycles. The fraction of sp³-hybridized carbons (Fsp3) is 0.500. The lowest BCUT2D eigenvalue weighted by atomic mass is 10.0. The van der Waals surface area contributed by atoms with E-state index in [1.54, 1.807) is 19.2 Å². The molecule has 2 unspecified atom stereocenters. The molecule has 2 N–H and O–H groups in total. The van der Waals surface area contributed by atoms with Gasteiger partial charge in [0, 0.05) is 36.9 Å². The normalized spacial score (nSPS) is 16.1. The van der Waals surface area contributed by atoms with Crippen molar-refractivity contribution in [2.75, 3.05) is 34.4 Å². The van der Waals surface area contributed by atoms with E-state index in [4.69, 9.17) is 21.1 Å². The van der Waals surface area contributed by atoms with Gasteiger partial charge in [0.2, 0.25) is 10.0 Å². The highest BCUT2D eigenvalue weighted by Gasteiger charge is 2.22. The van der Waals surface area contributed by atoms with Gasteiger partial charge in [0.15, 0.2) is 0 Å². The minimum Gasteiger partial charge on any atom is -0.497 e. The number of sulfonamides is 1. The van der Waals surface area contributed by atoms with Gasteiger partial charge in [0.25, 0.3) is 0 Å². The van der Waals surface area contributed by atoms with Crippen molar-refractivity contribution in [1.29, 1.82) is 0 Å². The lowest BCUT2D eigenvalue weighted by Gasteiger charge is -2.24. The summed E-state index contributed by atoms with van der Waals surface area (Å²) in [7, 11) is 0.874. The lowest BCUT2D eigenvalue weighted by Crippen LogP contribution is -2.33. The SMILES string of the molecule is C/C=C\C(Cl)=C(/C)C(CCC(NCC1C=C(CNS(=O)(=O)c2cc(OC)ccc2OC)C=CCC1)n1ncc(Br)c1C)=NC.CC.CC. The predicted octanol–water partition coefficient (Wildman–Crippen LogP) is 8.92. The summed E-state index contributed by atoms with van der Waals surface area (Å²) in [5.74, 6) is 0.871. The van der Waals surface area contributed by atoms with Crippen LogP contribution in [-0.4, -0.2) is 58.3 Å². The molecule has 1 heterocycles. The molecule has 0 saturated heterocycles. The molecule has 9 nitrogen and oxygen atoms in total. The lowest BCUT2D eigenvalue weighted by molar-refractivity contribution is 0.329. The molecule has 0 fully saturated rings. The van der Waals surface area contributed by atoms with Crippen molar-refractivity contribution in [3.8, 4) is 11.5 Å². The van der Waals surface area contributed by atoms with E-state index in [9.17, 15) is 8.42 Å². The third-order valence-corrected chi connectivity index (χ3v) is 10.1. The van der Waals surface area contributed by atoms with Crippen molar-refractivity contribution in [1.82, 2.24) is 19.8 Å². The zero-order valence-electron chi connectivity index (χ0n) is 30.2. The summed E-state index contributed by atoms with van der Waals surface area (Å²) in [6.07, 6.45) is 15.0. The third-order valence-electron chi connectivity index (χ3n) is 7.54. The summed E-state index contributed by atoms with van der Waals surface area (Å²) < 4.78 is 42.7. The van der Waals surface area contributed by atoms with E-state index >= 15 is 0 Å². The first-order chi connectivity index (χ1) is 23.0. The van der Waals surface area contributed by atoms with Crippen LogP contribution in [0.15, 0.2) is 85.3 Å². The van der Waals surface area contributed by atoms with Crippen LogP contribution < -0.4 is 19.5 Å². The van der Waals surface area contributed by atoms with E-state index in [1.807, 2.05) is 77.6 Å². The number of allylic oxidation sites excluding steroid dienone is 5. The Balaban J connectivity index is 0.00000277. The number of hydrogen-bond donors (Lipinski definition) is 2. The van der Waals surface area contributed by atoms with E-state index in [2.05, 4.69) is 48.2 Å². The van der Waals surface area contributed by atoms with Gasteiger partial charge in [-0.2, -0.15) is 5.10 Å². The van der Waals surface area contributed by atoms with Gasteiger partial charge in [-0.15, -0.1) is 0 Å². The molecule has 2 aromatic rings. The highest BCUT2D eigenvalue weighted by molar-refractivity contribution is 9.10. The third kappa shape index (κ3) is 13.0. The van der Waals surface area contributed by atoms with Crippen molar-refractivity contribution in [2.45, 2.75) is 85.2 Å². The molecular weight excluding hydrogens is 714 g/mol. The number of benzene rings is 1. The Labute approximate surface area is 302 Å². The molecule has 1 aliphatic rings. The Morgan fingerprint density at radius 3 is 2.52 bits per heavy atom. The van der Waals surface area contributed by atoms with Crippen molar-refractivity contribution in [3.05, 3.63) is 81.1 Å². The van der Waals surface area contributed by atoms with E-state index in [1.165, 1.54) is 20.3 Å². The van der Waals surface area contributed by atoms with Crippen LogP contribution in [0, 0.1) is 12.8 Å². The number of nitrogens with one attached hydrogen (secondary N) is 2. The number of halogens is 2. The van der Waals surface area contributed by atoms with Crippen LogP contribution >= 0.6 is 27.5 Å². The topological polar surface area (TPSA) is 107 Å². The molecule has 0 radical (unpaired) electrons. The first-order valence-corrected chi connectivity index (χ1v) is 19.2. The Morgan fingerprint density at radius 2 is 1.94 bits per heavy atom. The van der Waals surface area contributed by atoms with Crippen LogP contribution in [-0.2, 0) is 10.0 Å². The van der Waals surface area contributed by atoms with Gasteiger partial charge in [0.1, 0.15) is 22.6 Å². The predicted molar refractivity (Wildman–Crippen MR) is 205 cm³/mol. The van der Waals surface area contributed by atoms with Gasteiger partial charge in [-0.3, -0.25) is 15.0 Å². The number of methoxy groups -OCH3 is 2. The Kier molecular flexibility index (Phi) is 20.6. The molecule has 3 rings (SSSR count). The standard InChI is InChI=1S/C32H43BrClN5O4S.2C2H6/c1-7-10-28(34)22(2)29(35-4)14-16-32(39-23(3)27(33)21-37-39)36-19-24-11-8-9-12-25(17-24)20-38-44(40,41)31-18-26(42-5)13-15-30(31)43-6;2*1-2/h7,9-10,12-13,15,17-18,21,24,32,36,38H,8,11,14,16,19-20H2,1-6H3;2*1-2H3/b10-7-,28-22-,35-29?;;. The van der Waals surface area contributed by atoms with Gasteiger partial charge in [0.05, 0.1) is 30.6 Å². The first-order valence-electron chi connectivity index (χ1n) is 16.5. The fourth-order valence-electron chi connectivity index (χ4n) is 4.98. The van der Waals surface area contributed by atoms with Crippen LogP contribution in [0.2, 0.25) is 0 Å². The van der Waals surface area contributed by atoms with E-state index in [-0.39, 0.29) is 29.3 Å². The molecule has 268 valence electrons. The fourth-order valence-corrected chi connectivity index (χ4v) is 6.69. The summed E-state index contributed by atoms with van der Waals surface area (Å²) in [5.41, 5.74) is 3.83. The molecule has 2 atom stereocenters. The van der Waals surface area contributed by atoms with E-state index < -0.39 is 10.0 Å². The average Bonchev–Trinajstić information content (AvgIpc) is 3.28. The van der Waals surface area contributed by atoms with Crippen molar-refractivity contribution in [2.24, 2.45) is 10.9 Å². The molecule has 1 aromatic carbocycles. The second kappa shape index (κ2) is 22.8. The largest absolute Gasteiger partial charge is 0.497 e. The monoisotopic (exact) mass is 767 g/mol. The van der Waals surface area contributed by atoms with Gasteiger partial charge in [-0.25, -0.2) is 13.1 Å². The van der Waals surface area contributed by atoms with Gasteiger partial charge < -0.3 is 9.47 Å². The second-order valence-electron chi connectivity index (χ2n) is 10.5. The highest BCUT2D eigenvalue weighted by Crippen LogP contribution is 2.29. The number of nitrogens with zero attached hydrogens (tertiary/aromatic N) is 3. The molecule has 0 spiro atoms. The van der Waals surface area contributed by atoms with Crippen LogP contribution in [0.3, 0.4) is 0 Å². The zero-order chi connectivity index (χ0) is 36.3. The zero-order valence-corrected chi connectivity index (χ0v) is 33.4. The summed E-state index contributed by atoms with van der Waals surface area (Å²) in [4.78, 5) is 4.56. The number of ether oxygens (including phenoxy) is 2. The molecule has 1 aromatic heterocycles. The van der Waals surface area contributed by atoms with Gasteiger partial charge in [-0.05, 0) is 97.7 Å². The summed E-state index contributed by atoms with van der Waals surface area (Å²) in [6, 6.07) is 4.71. The number of aromatic nitrogens is 2. The number of rotatable bonds is 15. The number of hydrogen-bond acceptors (Lipinski definition) is 7. The molecule has 0 amide bonds. The molecular formula is C36H55BrClN5O4S. The van der Waals surface area contributed by atoms with Gasteiger partial charge >= 0.3 is 0 Å². The number of aliphatic imine (C=N–C) groups is 1. The summed E-state index contributed by atoms with van der Waals surface area (Å²) in [6.45, 7) is 14.8. The van der Waals surface area contributed by atoms with Crippen molar-refractivity contribution >= 4 is 43.3 Å². The molecule has 0 saturated carbocycles. The van der Waals surface area contributed by atoms with Crippen LogP contribution in [0.1, 0.15) is 79.1 Å². The summed E-state index contributed by atoms with van der Waals surface area (Å²) in [5, 5.41) is 9.04. The van der Waals surface area contributed by atoms with Crippen LogP contribution in [0.25, 0.3) is 0 Å². The smallest absolute Gasteiger partial charge is 0.244 e. The average molecular weight is 769 g/mol. The summed E-state index contributed by atoms with van der Waals surface area (Å²) >= 11 is 10.1. The van der Waals surface area contributed by atoms with Crippen molar-refractivity contribution in [3.63, 3.8) is 0 Å². The van der Waals surface area contributed by atoms with Gasteiger partial charge in [-0.1, -0.05) is 63.6 Å². The second-order valence-corrected chi connectivity index (χ2v) is 13.4. The molecule has 12 heteroatoms. The van der Waals surface area contributed by atoms with E-state index in [0.29, 0.717) is 23.7 Å². The maximum atomic E-state index is 13.2. The van der Waals surface area contributed by atoms with Crippen LogP contribution in [0.5, 0.6) is 11.5 Å². The van der Waals surface area contributed by atoms with Crippen molar-refractivity contribution < 1.29 is 17.9 Å². The van der Waals surface area contributed by atoms with Crippen LogP contribution in [0.4, 0.5) is 0 Å². The Hall–Kier alpha value is -2.70. The molecule has 48 heavy (non-hydrogen) atoms. The molecule has 1 aliphatic carbocycles. The highest BCUT2D eigenvalue weighted by atomic mass is 79.9. The Bertz CT molecular complexity index is 1550. The van der Waals surface area contributed by atoms with E-state index in [0.717, 1.165) is 46.3 Å². The quantitative estimate of drug-likeness (QED) is 0.139. The molecule has 0 bridgehead atoms. The maximum Gasteiger partial charge on any atom is 0.244 e. The first kappa shape index (κ1) is 43.3. The minimum atomic E-state index is -3.85. The maximum absolute atomic E-state index is 13.2. The minimum absolute atomic E-state index is 0.0337. The Morgan fingerprint density at radius 1 is 1.23 bits per heavy atom.